The molecule has 176 valence electrons. The number of amides is 1. The van der Waals surface area contributed by atoms with Gasteiger partial charge in [-0.05, 0) is 37.6 Å². The molecule has 0 radical (unpaired) electrons. The van der Waals surface area contributed by atoms with E-state index in [4.69, 9.17) is 9.47 Å². The number of likely N-dealkylation sites (tertiary alicyclic amines) is 1. The SMILES string of the molecule is Cn1nccc1-c1c(F)cc(NC(=O)[C@H]2CCCN2Cc2nccc3c2OCO3)cc1F.F.[HH]. The number of fused-ring (bicyclic) bond motifs is 1. The number of hydrogen-bond donors (Lipinski definition) is 1. The second-order valence-corrected chi connectivity index (χ2v) is 7.76. The molecule has 0 aliphatic carbocycles. The summed E-state index contributed by atoms with van der Waals surface area (Å²) < 4.78 is 41.7. The highest BCUT2D eigenvalue weighted by molar-refractivity contribution is 5.95. The van der Waals surface area contributed by atoms with Crippen molar-refractivity contribution in [2.75, 3.05) is 18.7 Å². The maximum Gasteiger partial charge on any atom is 0.241 e. The third-order valence-electron chi connectivity index (χ3n) is 5.77. The van der Waals surface area contributed by atoms with E-state index in [9.17, 15) is 13.6 Å². The smallest absolute Gasteiger partial charge is 0.241 e. The summed E-state index contributed by atoms with van der Waals surface area (Å²) in [4.78, 5) is 19.3. The van der Waals surface area contributed by atoms with Gasteiger partial charge in [0.2, 0.25) is 12.7 Å². The number of aryl methyl sites for hydroxylation is 1. The minimum absolute atomic E-state index is 0. The van der Waals surface area contributed by atoms with Gasteiger partial charge in [0.15, 0.2) is 11.5 Å². The molecule has 2 aliphatic heterocycles. The van der Waals surface area contributed by atoms with E-state index in [1.54, 1.807) is 19.3 Å². The number of hydrogen-bond acceptors (Lipinski definition) is 6. The molecule has 3 aromatic rings. The van der Waals surface area contributed by atoms with Gasteiger partial charge < -0.3 is 14.8 Å². The Labute approximate surface area is 189 Å². The molecule has 1 amide bonds. The van der Waals surface area contributed by atoms with Crippen molar-refractivity contribution in [1.29, 1.82) is 0 Å². The number of pyridine rings is 1. The lowest BCUT2D eigenvalue weighted by Gasteiger charge is -2.23. The molecule has 11 heteroatoms. The number of aromatic nitrogens is 3. The third kappa shape index (κ3) is 4.23. The fourth-order valence-electron chi connectivity index (χ4n) is 4.24. The zero-order valence-corrected chi connectivity index (χ0v) is 17.8. The average Bonchev–Trinajstić information content (AvgIpc) is 3.49. The average molecular weight is 463 g/mol. The van der Waals surface area contributed by atoms with Crippen LogP contribution in [0.2, 0.25) is 0 Å². The fraction of sp³-hybridized carbons (Fsp3) is 0.318. The first-order chi connectivity index (χ1) is 15.5. The van der Waals surface area contributed by atoms with Crippen molar-refractivity contribution in [3.05, 3.63) is 54.0 Å². The van der Waals surface area contributed by atoms with Gasteiger partial charge >= 0.3 is 0 Å². The normalized spacial score (nSPS) is 17.1. The second-order valence-electron chi connectivity index (χ2n) is 7.76. The number of carbonyl (C=O) groups is 1. The van der Waals surface area contributed by atoms with Crippen molar-refractivity contribution in [2.24, 2.45) is 7.05 Å². The van der Waals surface area contributed by atoms with Crippen molar-refractivity contribution < 1.29 is 29.2 Å². The van der Waals surface area contributed by atoms with Crippen molar-refractivity contribution in [3.63, 3.8) is 0 Å². The van der Waals surface area contributed by atoms with Gasteiger partial charge in [0.05, 0.1) is 17.3 Å². The highest BCUT2D eigenvalue weighted by Gasteiger charge is 2.33. The molecule has 2 aliphatic rings. The molecule has 0 unspecified atom stereocenters. The number of carbonyl (C=O) groups excluding carboxylic acids is 1. The van der Waals surface area contributed by atoms with E-state index in [0.29, 0.717) is 42.4 Å². The standard InChI is InChI=1S/C22H21F2N5O3.FH.H2/c1-28-17(4-7-26-28)20-14(23)9-13(10-15(20)24)27-22(30)18-3-2-8-29(18)11-16-21-19(5-6-25-16)31-12-32-21;;/h4-7,9-10,18H,2-3,8,11-12H2,1H3,(H,27,30);2*1H/t18-;;/m1../s1. The molecule has 1 aromatic carbocycles. The number of nitrogens with one attached hydrogen (secondary N) is 1. The minimum Gasteiger partial charge on any atom is -0.453 e. The topological polar surface area (TPSA) is 81.5 Å². The number of ether oxygens (including phenoxy) is 2. The number of rotatable bonds is 5. The van der Waals surface area contributed by atoms with E-state index in [0.717, 1.165) is 18.6 Å². The molecule has 1 fully saturated rings. The Morgan fingerprint density at radius 3 is 2.76 bits per heavy atom. The lowest BCUT2D eigenvalue weighted by atomic mass is 10.1. The van der Waals surface area contributed by atoms with Gasteiger partial charge in [0.1, 0.15) is 17.3 Å². The van der Waals surface area contributed by atoms with Crippen LogP contribution < -0.4 is 14.8 Å². The van der Waals surface area contributed by atoms with Gasteiger partial charge in [-0.2, -0.15) is 5.10 Å². The van der Waals surface area contributed by atoms with Gasteiger partial charge in [-0.15, -0.1) is 0 Å². The molecule has 1 atom stereocenters. The first-order valence-corrected chi connectivity index (χ1v) is 10.3. The van der Waals surface area contributed by atoms with Crippen LogP contribution in [0.15, 0.2) is 36.7 Å². The summed E-state index contributed by atoms with van der Waals surface area (Å²) in [5.41, 5.74) is 0.890. The van der Waals surface area contributed by atoms with E-state index >= 15 is 0 Å². The Balaban J connectivity index is 0.00000162. The summed E-state index contributed by atoms with van der Waals surface area (Å²) in [6.07, 6.45) is 4.57. The van der Waals surface area contributed by atoms with Crippen molar-refractivity contribution in [2.45, 2.75) is 25.4 Å². The zero-order valence-electron chi connectivity index (χ0n) is 17.8. The fourth-order valence-corrected chi connectivity index (χ4v) is 4.24. The van der Waals surface area contributed by atoms with Crippen LogP contribution >= 0.6 is 0 Å². The quantitative estimate of drug-likeness (QED) is 0.624. The molecule has 2 aromatic heterocycles. The highest BCUT2D eigenvalue weighted by Crippen LogP contribution is 2.35. The van der Waals surface area contributed by atoms with Crippen LogP contribution in [-0.2, 0) is 18.4 Å². The van der Waals surface area contributed by atoms with Crippen LogP contribution in [0.4, 0.5) is 19.2 Å². The molecule has 5 rings (SSSR count). The van der Waals surface area contributed by atoms with Crippen LogP contribution in [-0.4, -0.2) is 45.0 Å². The molecule has 1 N–H and O–H groups in total. The molecule has 4 heterocycles. The van der Waals surface area contributed by atoms with Gasteiger partial charge in [-0.25, -0.2) is 8.78 Å². The maximum absolute atomic E-state index is 14.7. The monoisotopic (exact) mass is 463 g/mol. The maximum atomic E-state index is 14.7. The van der Waals surface area contributed by atoms with E-state index in [2.05, 4.69) is 15.4 Å². The van der Waals surface area contributed by atoms with Crippen LogP contribution in [0.3, 0.4) is 0 Å². The van der Waals surface area contributed by atoms with E-state index in [-0.39, 0.29) is 30.1 Å². The molecule has 1 saturated heterocycles. The van der Waals surface area contributed by atoms with E-state index in [1.165, 1.54) is 16.9 Å². The van der Waals surface area contributed by atoms with Crippen molar-refractivity contribution >= 4 is 11.6 Å². The predicted molar refractivity (Wildman–Crippen MR) is 116 cm³/mol. The predicted octanol–water partition coefficient (Wildman–Crippen LogP) is 3.49. The summed E-state index contributed by atoms with van der Waals surface area (Å²) in [5, 5.41) is 6.61. The summed E-state index contributed by atoms with van der Waals surface area (Å²) in [5.74, 6) is -0.635. The summed E-state index contributed by atoms with van der Waals surface area (Å²) in [6, 6.07) is 5.06. The van der Waals surface area contributed by atoms with Gasteiger partial charge in [-0.3, -0.25) is 24.1 Å². The van der Waals surface area contributed by atoms with Gasteiger partial charge in [0.25, 0.3) is 0 Å². The minimum atomic E-state index is -0.770. The van der Waals surface area contributed by atoms with Gasteiger partial charge in [0, 0.05) is 39.2 Å². The zero-order chi connectivity index (χ0) is 22.2. The van der Waals surface area contributed by atoms with Crippen LogP contribution in [0.25, 0.3) is 11.3 Å². The molecule has 0 bridgehead atoms. The Hall–Kier alpha value is -3.60. The third-order valence-corrected chi connectivity index (χ3v) is 5.77. The first kappa shape index (κ1) is 22.6. The molecule has 0 spiro atoms. The second kappa shape index (κ2) is 9.10. The van der Waals surface area contributed by atoms with E-state index < -0.39 is 17.7 Å². The number of nitrogens with zero attached hydrogens (tertiary/aromatic N) is 4. The van der Waals surface area contributed by atoms with Gasteiger partial charge in [-0.1, -0.05) is 0 Å². The van der Waals surface area contributed by atoms with E-state index in [1.807, 2.05) is 4.90 Å². The summed E-state index contributed by atoms with van der Waals surface area (Å²) >= 11 is 0. The first-order valence-electron chi connectivity index (χ1n) is 10.3. The number of anilines is 1. The largest absolute Gasteiger partial charge is 0.453 e. The van der Waals surface area contributed by atoms with Crippen LogP contribution in [0.5, 0.6) is 11.5 Å². The Bertz CT molecular complexity index is 1170. The number of benzene rings is 1. The molecular formula is C22H24F3N5O3. The molecule has 33 heavy (non-hydrogen) atoms. The Morgan fingerprint density at radius 1 is 1.24 bits per heavy atom. The lowest BCUT2D eigenvalue weighted by molar-refractivity contribution is -0.120. The lowest BCUT2D eigenvalue weighted by Crippen LogP contribution is -2.39. The Morgan fingerprint density at radius 2 is 2.03 bits per heavy atom. The molecule has 0 saturated carbocycles. The van der Waals surface area contributed by atoms with Crippen LogP contribution in [0.1, 0.15) is 20.0 Å². The molecular weight excluding hydrogens is 439 g/mol. The number of halogens is 3. The summed E-state index contributed by atoms with van der Waals surface area (Å²) in [7, 11) is 1.60. The van der Waals surface area contributed by atoms with Crippen molar-refractivity contribution in [1.82, 2.24) is 19.7 Å². The highest BCUT2D eigenvalue weighted by atomic mass is 19.1. The molecule has 8 nitrogen and oxygen atoms in total. The van der Waals surface area contributed by atoms with Crippen LogP contribution in [0, 0.1) is 11.6 Å². The van der Waals surface area contributed by atoms with Crippen molar-refractivity contribution in [3.8, 4) is 22.8 Å². The Kier molecular flexibility index (Phi) is 6.23. The summed E-state index contributed by atoms with van der Waals surface area (Å²) in [6.45, 7) is 1.25.